The molecule has 0 N–H and O–H groups in total. The standard InChI is InChI=1S/C55H39GeN3/c1-55(2)44-30-16-12-27-41(44)49-45(55)35-34-40-39-26-14-18-32-47(39)59(52(40)49)48-33-19-15-29-43(48)54-57-51(36-20-6-3-7-21-36)50-42-28-13-17-31-46(42)56(53(50)58-54,37-22-8-4-9-23-37)38-24-10-5-11-25-38/h3-35H,1-2H3. The molecule has 1 aliphatic carbocycles. The van der Waals surface area contributed by atoms with Gasteiger partial charge in [0.2, 0.25) is 0 Å². The van der Waals surface area contributed by atoms with Crippen molar-refractivity contribution in [3.8, 4) is 50.6 Å². The fourth-order valence-corrected chi connectivity index (χ4v) is 21.0. The molecule has 2 aromatic heterocycles. The van der Waals surface area contributed by atoms with Crippen molar-refractivity contribution in [1.82, 2.24) is 14.5 Å². The molecule has 278 valence electrons. The molecular formula is C55H39GeN3. The molecule has 0 amide bonds. The maximum absolute atomic E-state index is 5.95. The molecule has 2 aliphatic rings. The second-order valence-electron chi connectivity index (χ2n) is 16.4. The van der Waals surface area contributed by atoms with Gasteiger partial charge in [-0.3, -0.25) is 0 Å². The molecule has 0 fully saturated rings. The molecule has 1 aliphatic heterocycles. The summed E-state index contributed by atoms with van der Waals surface area (Å²) in [6.07, 6.45) is 0. The predicted octanol–water partition coefficient (Wildman–Crippen LogP) is 10.6. The van der Waals surface area contributed by atoms with Crippen molar-refractivity contribution in [2.75, 3.05) is 0 Å². The number of hydrogen-bond acceptors (Lipinski definition) is 2. The first-order valence-electron chi connectivity index (χ1n) is 20.5. The molecule has 0 radical (unpaired) electrons. The molecule has 0 spiro atoms. The Bertz CT molecular complexity index is 3250. The van der Waals surface area contributed by atoms with Crippen LogP contribution in [0.2, 0.25) is 0 Å². The number of fused-ring (bicyclic) bond motifs is 10. The number of rotatable bonds is 5. The van der Waals surface area contributed by atoms with Crippen LogP contribution in [0.25, 0.3) is 72.4 Å². The summed E-state index contributed by atoms with van der Waals surface area (Å²) in [5, 5.41) is 2.49. The van der Waals surface area contributed by atoms with Crippen molar-refractivity contribution < 1.29 is 0 Å². The topological polar surface area (TPSA) is 30.7 Å². The van der Waals surface area contributed by atoms with E-state index in [1.165, 1.54) is 67.3 Å². The van der Waals surface area contributed by atoms with E-state index in [0.29, 0.717) is 0 Å². The van der Waals surface area contributed by atoms with E-state index in [1.54, 1.807) is 0 Å². The van der Waals surface area contributed by atoms with Crippen LogP contribution in [0.5, 0.6) is 0 Å². The van der Waals surface area contributed by atoms with Crippen molar-refractivity contribution in [3.63, 3.8) is 0 Å². The third-order valence-corrected chi connectivity index (χ3v) is 23.0. The van der Waals surface area contributed by atoms with E-state index in [-0.39, 0.29) is 5.41 Å². The Morgan fingerprint density at radius 1 is 0.458 bits per heavy atom. The molecule has 0 bridgehead atoms. The van der Waals surface area contributed by atoms with Gasteiger partial charge in [0, 0.05) is 0 Å². The molecule has 59 heavy (non-hydrogen) atoms. The summed E-state index contributed by atoms with van der Waals surface area (Å²) in [7, 11) is 0. The van der Waals surface area contributed by atoms with Gasteiger partial charge in [0.15, 0.2) is 0 Å². The number of benzene rings is 8. The van der Waals surface area contributed by atoms with Gasteiger partial charge in [-0.2, -0.15) is 0 Å². The monoisotopic (exact) mass is 815 g/mol. The van der Waals surface area contributed by atoms with Crippen LogP contribution in [-0.4, -0.2) is 27.8 Å². The summed E-state index contributed by atoms with van der Waals surface area (Å²) in [4.78, 5) is 11.7. The summed E-state index contributed by atoms with van der Waals surface area (Å²) in [5.41, 5.74) is 14.2. The van der Waals surface area contributed by atoms with Crippen LogP contribution in [0.15, 0.2) is 200 Å². The quantitative estimate of drug-likeness (QED) is 0.162. The molecule has 3 nitrogen and oxygen atoms in total. The van der Waals surface area contributed by atoms with Gasteiger partial charge >= 0.3 is 348 Å². The number of nitrogens with zero attached hydrogens (tertiary/aromatic N) is 3. The minimum absolute atomic E-state index is 0.131. The molecule has 10 aromatic rings. The fourth-order valence-electron chi connectivity index (χ4n) is 10.5. The van der Waals surface area contributed by atoms with Gasteiger partial charge in [0.05, 0.1) is 0 Å². The summed E-state index contributed by atoms with van der Waals surface area (Å²) in [6.45, 7) is 4.73. The molecule has 3 heterocycles. The number of aromatic nitrogens is 3. The van der Waals surface area contributed by atoms with Crippen LogP contribution in [0, 0.1) is 0 Å². The Morgan fingerprint density at radius 3 is 1.80 bits per heavy atom. The van der Waals surface area contributed by atoms with Crippen LogP contribution in [-0.2, 0) is 5.41 Å². The van der Waals surface area contributed by atoms with Gasteiger partial charge in [0.25, 0.3) is 0 Å². The van der Waals surface area contributed by atoms with Crippen LogP contribution in [0.4, 0.5) is 0 Å². The van der Waals surface area contributed by atoms with Crippen LogP contribution < -0.4 is 17.7 Å². The van der Waals surface area contributed by atoms with E-state index in [1.807, 2.05) is 0 Å². The van der Waals surface area contributed by atoms with Gasteiger partial charge in [-0.25, -0.2) is 0 Å². The van der Waals surface area contributed by atoms with Crippen molar-refractivity contribution in [2.24, 2.45) is 0 Å². The van der Waals surface area contributed by atoms with E-state index in [9.17, 15) is 0 Å². The second kappa shape index (κ2) is 12.8. The SMILES string of the molecule is CC1(C)c2ccccc2-c2c1ccc1c3ccccc3n(-c3ccccc3-c3nc(-c4ccccc4)c4[c](n3)[Ge]([c]3ccccc3)([c]3ccccc3)[c]3ccccc3-4)c21. The number of hydrogen-bond donors (Lipinski definition) is 0. The zero-order chi connectivity index (χ0) is 39.3. The third kappa shape index (κ3) is 4.71. The van der Waals surface area contributed by atoms with Crippen molar-refractivity contribution in [3.05, 3.63) is 211 Å². The van der Waals surface area contributed by atoms with Gasteiger partial charge in [0.1, 0.15) is 0 Å². The fraction of sp³-hybridized carbons (Fsp3) is 0.0545. The summed E-state index contributed by atoms with van der Waals surface area (Å²) in [6, 6.07) is 73.6. The Labute approximate surface area is 346 Å². The molecule has 4 heteroatoms. The third-order valence-electron chi connectivity index (χ3n) is 13.1. The predicted molar refractivity (Wildman–Crippen MR) is 247 cm³/mol. The first-order valence-corrected chi connectivity index (χ1v) is 24.7. The van der Waals surface area contributed by atoms with E-state index in [4.69, 9.17) is 9.97 Å². The average Bonchev–Trinajstić information content (AvgIpc) is 3.88. The van der Waals surface area contributed by atoms with Crippen LogP contribution in [0.1, 0.15) is 25.0 Å². The summed E-state index contributed by atoms with van der Waals surface area (Å²) in [5.74, 6) is 0.743. The minimum atomic E-state index is -3.75. The van der Waals surface area contributed by atoms with Gasteiger partial charge in [-0.1, -0.05) is 0 Å². The first-order chi connectivity index (χ1) is 29.1. The molecular weight excluding hydrogens is 775 g/mol. The Kier molecular flexibility index (Phi) is 7.45. The molecule has 0 saturated carbocycles. The normalized spacial score (nSPS) is 14.2. The maximum atomic E-state index is 5.95. The average molecular weight is 815 g/mol. The van der Waals surface area contributed by atoms with E-state index >= 15 is 0 Å². The molecule has 0 saturated heterocycles. The van der Waals surface area contributed by atoms with E-state index in [2.05, 4.69) is 219 Å². The number of para-hydroxylation sites is 2. The summed E-state index contributed by atoms with van der Waals surface area (Å²) < 4.78 is 7.81. The van der Waals surface area contributed by atoms with Crippen molar-refractivity contribution in [2.45, 2.75) is 19.3 Å². The van der Waals surface area contributed by atoms with Gasteiger partial charge in [-0.05, 0) is 0 Å². The van der Waals surface area contributed by atoms with Crippen molar-refractivity contribution >= 4 is 52.8 Å². The Balaban J connectivity index is 1.22. The van der Waals surface area contributed by atoms with Gasteiger partial charge < -0.3 is 0 Å². The van der Waals surface area contributed by atoms with Gasteiger partial charge in [-0.15, -0.1) is 0 Å². The molecule has 0 unspecified atom stereocenters. The zero-order valence-corrected chi connectivity index (χ0v) is 35.0. The van der Waals surface area contributed by atoms with Crippen LogP contribution in [0.3, 0.4) is 0 Å². The first kappa shape index (κ1) is 34.2. The van der Waals surface area contributed by atoms with Crippen molar-refractivity contribution in [1.29, 1.82) is 0 Å². The Hall–Kier alpha value is -6.82. The van der Waals surface area contributed by atoms with Crippen LogP contribution >= 0.6 is 0 Å². The zero-order valence-electron chi connectivity index (χ0n) is 32.9. The second-order valence-corrected chi connectivity index (χ2v) is 24.1. The molecule has 8 aromatic carbocycles. The molecule has 0 atom stereocenters. The van der Waals surface area contributed by atoms with E-state index < -0.39 is 13.3 Å². The summed E-state index contributed by atoms with van der Waals surface area (Å²) >= 11 is -3.75. The molecule has 12 rings (SSSR count). The Morgan fingerprint density at radius 2 is 1.05 bits per heavy atom. The van der Waals surface area contributed by atoms with E-state index in [0.717, 1.165) is 33.9 Å².